The van der Waals surface area contributed by atoms with Crippen molar-refractivity contribution >= 4 is 28.8 Å². The number of imidazole rings is 1. The number of nitrogens with two attached hydrogens (primary N) is 1. The number of rotatable bonds is 10. The highest BCUT2D eigenvalue weighted by Gasteiger charge is 2.47. The minimum atomic E-state index is -1.41. The van der Waals surface area contributed by atoms with E-state index in [1.807, 2.05) is 36.4 Å². The molecule has 2 aromatic carbocycles. The van der Waals surface area contributed by atoms with Crippen LogP contribution in [0.15, 0.2) is 67.0 Å². The van der Waals surface area contributed by atoms with E-state index in [4.69, 9.17) is 20.4 Å². The van der Waals surface area contributed by atoms with E-state index >= 15 is 0 Å². The smallest absolute Gasteiger partial charge is 0.252 e. The van der Waals surface area contributed by atoms with Gasteiger partial charge < -0.3 is 36.6 Å². The molecular formula is C32H40N8O4. The third kappa shape index (κ3) is 6.25. The lowest BCUT2D eigenvalue weighted by Crippen LogP contribution is -2.42. The molecule has 0 radical (unpaired) electrons. The van der Waals surface area contributed by atoms with Gasteiger partial charge in [0, 0.05) is 31.1 Å². The first kappa shape index (κ1) is 29.9. The average molecular weight is 601 g/mol. The Morgan fingerprint density at radius 3 is 2.30 bits per heavy atom. The predicted octanol–water partition coefficient (Wildman–Crippen LogP) is 2.51. The van der Waals surface area contributed by atoms with E-state index in [0.717, 1.165) is 36.8 Å². The van der Waals surface area contributed by atoms with E-state index in [2.05, 4.69) is 45.2 Å². The van der Waals surface area contributed by atoms with Crippen molar-refractivity contribution in [2.24, 2.45) is 5.73 Å². The number of benzene rings is 2. The molecule has 0 bridgehead atoms. The number of aliphatic hydroxyl groups excluding tert-OH is 2. The van der Waals surface area contributed by atoms with E-state index in [1.54, 1.807) is 11.5 Å². The molecule has 2 aliphatic rings. The maximum Gasteiger partial charge on any atom is 0.252 e. The lowest BCUT2D eigenvalue weighted by molar-refractivity contribution is -0.137. The molecule has 6 rings (SSSR count). The molecule has 7 N–H and O–H groups in total. The molecule has 1 aliphatic heterocycles. The Morgan fingerprint density at radius 1 is 1.00 bits per heavy atom. The molecule has 4 atom stereocenters. The van der Waals surface area contributed by atoms with Gasteiger partial charge in [-0.2, -0.15) is 9.97 Å². The third-order valence-corrected chi connectivity index (χ3v) is 8.53. The van der Waals surface area contributed by atoms with Gasteiger partial charge in [-0.3, -0.25) is 9.36 Å². The van der Waals surface area contributed by atoms with Gasteiger partial charge in [0.05, 0.1) is 6.33 Å². The van der Waals surface area contributed by atoms with Gasteiger partial charge in [-0.05, 0) is 43.7 Å². The molecule has 3 heterocycles. The summed E-state index contributed by atoms with van der Waals surface area (Å²) in [6.07, 6.45) is 0.0494. The van der Waals surface area contributed by atoms with Crippen LogP contribution in [0.5, 0.6) is 0 Å². The van der Waals surface area contributed by atoms with Crippen molar-refractivity contribution in [2.45, 2.75) is 75.1 Å². The number of amides is 1. The molecule has 1 amide bonds. The minimum Gasteiger partial charge on any atom is -0.387 e. The molecule has 0 spiro atoms. The van der Waals surface area contributed by atoms with Gasteiger partial charge in [-0.15, -0.1) is 0 Å². The Morgan fingerprint density at radius 2 is 1.66 bits per heavy atom. The quantitative estimate of drug-likeness (QED) is 0.159. The monoisotopic (exact) mass is 600 g/mol. The Bertz CT molecular complexity index is 1500. The van der Waals surface area contributed by atoms with Crippen molar-refractivity contribution in [1.29, 1.82) is 0 Å². The third-order valence-electron chi connectivity index (χ3n) is 8.53. The molecule has 0 unspecified atom stereocenters. The van der Waals surface area contributed by atoms with Crippen LogP contribution in [0, 0.1) is 0 Å². The summed E-state index contributed by atoms with van der Waals surface area (Å²) in [4.78, 5) is 26.8. The van der Waals surface area contributed by atoms with Gasteiger partial charge >= 0.3 is 0 Å². The van der Waals surface area contributed by atoms with Crippen LogP contribution in [0.2, 0.25) is 0 Å². The topological polar surface area (TPSA) is 172 Å². The lowest BCUT2D eigenvalue weighted by Gasteiger charge is -2.27. The molecular weight excluding hydrogens is 560 g/mol. The van der Waals surface area contributed by atoms with Crippen molar-refractivity contribution in [2.75, 3.05) is 23.7 Å². The van der Waals surface area contributed by atoms with Crippen molar-refractivity contribution in [3.05, 3.63) is 78.1 Å². The molecule has 1 saturated carbocycles. The highest BCUT2D eigenvalue weighted by molar-refractivity contribution is 5.85. The summed E-state index contributed by atoms with van der Waals surface area (Å²) in [6, 6.07) is 20.9. The van der Waals surface area contributed by atoms with Crippen molar-refractivity contribution < 1.29 is 19.7 Å². The van der Waals surface area contributed by atoms with Crippen molar-refractivity contribution in [3.63, 3.8) is 0 Å². The van der Waals surface area contributed by atoms with E-state index in [9.17, 15) is 15.0 Å². The van der Waals surface area contributed by atoms with Gasteiger partial charge in [0.25, 0.3) is 5.91 Å². The Labute approximate surface area is 256 Å². The molecule has 1 aliphatic carbocycles. The van der Waals surface area contributed by atoms with Crippen LogP contribution >= 0.6 is 0 Å². The molecule has 2 aromatic heterocycles. The Hall–Kier alpha value is -4.10. The zero-order chi connectivity index (χ0) is 30.6. The maximum atomic E-state index is 12.5. The highest BCUT2D eigenvalue weighted by atomic mass is 16.6. The summed E-state index contributed by atoms with van der Waals surface area (Å²) in [7, 11) is 0. The number of ether oxygens (including phenoxy) is 1. The second-order valence-electron chi connectivity index (χ2n) is 11.6. The van der Waals surface area contributed by atoms with Crippen LogP contribution in [0.25, 0.3) is 11.2 Å². The van der Waals surface area contributed by atoms with Crippen LogP contribution in [0.3, 0.4) is 0 Å². The lowest BCUT2D eigenvalue weighted by atomic mass is 9.91. The van der Waals surface area contributed by atoms with Gasteiger partial charge in [-0.25, -0.2) is 4.98 Å². The number of aliphatic hydroxyl groups is 2. The summed E-state index contributed by atoms with van der Waals surface area (Å²) in [5, 5.41) is 31.3. The molecule has 44 heavy (non-hydrogen) atoms. The first-order valence-corrected chi connectivity index (χ1v) is 15.3. The number of carbonyl (C=O) groups is 1. The van der Waals surface area contributed by atoms with Crippen LogP contribution in [0.1, 0.15) is 55.9 Å². The molecule has 2 fully saturated rings. The molecule has 12 nitrogen and oxygen atoms in total. The molecule has 4 aromatic rings. The number of hydrogen-bond acceptors (Lipinski definition) is 10. The SMILES string of the molecule is CCNC(=O)[C@@H]1O[C@H](n2cnc3c(NCC(c4ccccc4)c4ccccc4)nc(NC4CCC(N)CC4)nc32)[C@@H](O)[C@H]1O. The molecule has 1 saturated heterocycles. The van der Waals surface area contributed by atoms with Crippen molar-refractivity contribution in [3.8, 4) is 0 Å². The normalized spacial score (nSPS) is 25.3. The Kier molecular flexibility index (Phi) is 9.03. The first-order valence-electron chi connectivity index (χ1n) is 15.3. The number of anilines is 2. The number of aromatic nitrogens is 4. The van der Waals surface area contributed by atoms with E-state index in [-0.39, 0.29) is 18.0 Å². The maximum absolute atomic E-state index is 12.5. The summed E-state index contributed by atoms with van der Waals surface area (Å²) >= 11 is 0. The predicted molar refractivity (Wildman–Crippen MR) is 167 cm³/mol. The van der Waals surface area contributed by atoms with Gasteiger partial charge in [0.2, 0.25) is 5.95 Å². The Balaban J connectivity index is 1.34. The number of hydrogen-bond donors (Lipinski definition) is 6. The van der Waals surface area contributed by atoms with E-state index in [0.29, 0.717) is 36.0 Å². The summed E-state index contributed by atoms with van der Waals surface area (Å²) in [5.41, 5.74) is 9.34. The zero-order valence-corrected chi connectivity index (χ0v) is 24.7. The van der Waals surface area contributed by atoms with Gasteiger partial charge in [0.1, 0.15) is 12.2 Å². The number of nitrogens with zero attached hydrogens (tertiary/aromatic N) is 4. The van der Waals surface area contributed by atoms with Gasteiger partial charge in [-0.1, -0.05) is 60.7 Å². The van der Waals surface area contributed by atoms with Crippen LogP contribution in [-0.2, 0) is 9.53 Å². The highest BCUT2D eigenvalue weighted by Crippen LogP contribution is 2.34. The number of likely N-dealkylation sites (N-methyl/N-ethyl adjacent to an activating group) is 1. The first-order chi connectivity index (χ1) is 21.4. The van der Waals surface area contributed by atoms with E-state index in [1.165, 1.54) is 6.33 Å². The molecule has 12 heteroatoms. The fourth-order valence-electron chi connectivity index (χ4n) is 6.12. The largest absolute Gasteiger partial charge is 0.387 e. The van der Waals surface area contributed by atoms with Crippen LogP contribution in [0.4, 0.5) is 11.8 Å². The fourth-order valence-corrected chi connectivity index (χ4v) is 6.12. The van der Waals surface area contributed by atoms with Crippen molar-refractivity contribution in [1.82, 2.24) is 24.8 Å². The number of fused-ring (bicyclic) bond motifs is 1. The number of carbonyl (C=O) groups excluding carboxylic acids is 1. The minimum absolute atomic E-state index is 0.0358. The second-order valence-corrected chi connectivity index (χ2v) is 11.6. The van der Waals surface area contributed by atoms with Crippen LogP contribution in [-0.4, -0.2) is 79.1 Å². The van der Waals surface area contributed by atoms with Crippen LogP contribution < -0.4 is 21.7 Å². The number of nitrogens with one attached hydrogen (secondary N) is 3. The summed E-state index contributed by atoms with van der Waals surface area (Å²) < 4.78 is 7.46. The second kappa shape index (κ2) is 13.3. The standard InChI is InChI=1S/C32H40N8O4/c1-2-34-30(43)27-25(41)26(42)31(44-27)40-18-36-24-28(38-32(39-29(24)40)37-22-15-13-21(33)14-16-22)35-17-23(19-9-5-3-6-10-19)20-11-7-4-8-12-20/h3-12,18,21-23,25-27,31,41-42H,2,13-17,33H2,1H3,(H,34,43)(H2,35,37,38,39)/t21?,22?,25-,26+,27-,31+/m1/s1. The average Bonchev–Trinajstić information content (AvgIpc) is 3.59. The van der Waals surface area contributed by atoms with E-state index < -0.39 is 30.4 Å². The summed E-state index contributed by atoms with van der Waals surface area (Å²) in [6.45, 7) is 2.68. The fraction of sp³-hybridized carbons (Fsp3) is 0.438. The summed E-state index contributed by atoms with van der Waals surface area (Å²) in [5.74, 6) is 0.475. The zero-order valence-electron chi connectivity index (χ0n) is 24.7. The molecule has 232 valence electrons. The van der Waals surface area contributed by atoms with Gasteiger partial charge in [0.15, 0.2) is 29.3 Å².